The van der Waals surface area contributed by atoms with Gasteiger partial charge in [-0.1, -0.05) is 19.8 Å². The van der Waals surface area contributed by atoms with Crippen molar-refractivity contribution in [3.05, 3.63) is 0 Å². The highest BCUT2D eigenvalue weighted by Gasteiger charge is 2.41. The number of Topliss-reactive ketones (excluding diaryl/α,β-unsaturated/α-hetero) is 1. The molecule has 2 bridgehead atoms. The summed E-state index contributed by atoms with van der Waals surface area (Å²) in [7, 11) is 0. The van der Waals surface area contributed by atoms with E-state index >= 15 is 0 Å². The van der Waals surface area contributed by atoms with E-state index < -0.39 is 0 Å². The molecule has 1 saturated carbocycles. The van der Waals surface area contributed by atoms with Crippen LogP contribution in [-0.2, 0) is 4.79 Å². The largest absolute Gasteiger partial charge is 0.300 e. The molecule has 2 nitrogen and oxygen atoms in total. The first kappa shape index (κ1) is 12.7. The minimum Gasteiger partial charge on any atom is -0.300 e. The van der Waals surface area contributed by atoms with E-state index in [0.29, 0.717) is 17.9 Å². The monoisotopic (exact) mass is 249 g/mol. The number of ketones is 1. The average molecular weight is 249 g/mol. The molecule has 2 heterocycles. The van der Waals surface area contributed by atoms with Gasteiger partial charge in [0.1, 0.15) is 5.78 Å². The lowest BCUT2D eigenvalue weighted by molar-refractivity contribution is -0.129. The fraction of sp³-hybridized carbons (Fsp3) is 0.938. The summed E-state index contributed by atoms with van der Waals surface area (Å²) in [5.74, 6) is 1.51. The molecule has 3 rings (SSSR count). The van der Waals surface area contributed by atoms with Crippen LogP contribution in [0.25, 0.3) is 0 Å². The summed E-state index contributed by atoms with van der Waals surface area (Å²) >= 11 is 0. The summed E-state index contributed by atoms with van der Waals surface area (Å²) < 4.78 is 0. The SMILES string of the molecule is CCC1CCC(N2C3CCCC2CC(=O)C3)CC1. The Kier molecular flexibility index (Phi) is 3.74. The van der Waals surface area contributed by atoms with E-state index in [0.717, 1.165) is 24.8 Å². The fourth-order valence-corrected chi connectivity index (χ4v) is 4.66. The summed E-state index contributed by atoms with van der Waals surface area (Å²) in [6.45, 7) is 2.33. The molecule has 102 valence electrons. The van der Waals surface area contributed by atoms with Crippen LogP contribution in [0.2, 0.25) is 0 Å². The van der Waals surface area contributed by atoms with E-state index in [2.05, 4.69) is 11.8 Å². The standard InChI is InChI=1S/C16H27NO/c1-2-12-6-8-13(9-7-12)17-14-4-3-5-15(17)11-16(18)10-14/h12-15H,2-11H2,1H3. The first-order valence-corrected chi connectivity index (χ1v) is 8.07. The molecular weight excluding hydrogens is 222 g/mol. The number of piperidine rings is 2. The van der Waals surface area contributed by atoms with Crippen molar-refractivity contribution in [2.45, 2.75) is 89.3 Å². The molecule has 0 spiro atoms. The normalized spacial score (nSPS) is 41.9. The molecule has 0 N–H and O–H groups in total. The van der Waals surface area contributed by atoms with Crippen LogP contribution in [0.5, 0.6) is 0 Å². The van der Waals surface area contributed by atoms with Crippen molar-refractivity contribution in [3.63, 3.8) is 0 Å². The Labute approximate surface area is 111 Å². The summed E-state index contributed by atoms with van der Waals surface area (Å²) in [5.41, 5.74) is 0. The average Bonchev–Trinajstić information content (AvgIpc) is 2.38. The Morgan fingerprint density at radius 1 is 0.944 bits per heavy atom. The highest BCUT2D eigenvalue weighted by molar-refractivity contribution is 5.80. The van der Waals surface area contributed by atoms with E-state index in [-0.39, 0.29) is 0 Å². The third kappa shape index (κ3) is 2.36. The van der Waals surface area contributed by atoms with Crippen molar-refractivity contribution >= 4 is 5.78 Å². The summed E-state index contributed by atoms with van der Waals surface area (Å²) in [6.07, 6.45) is 12.6. The smallest absolute Gasteiger partial charge is 0.136 e. The van der Waals surface area contributed by atoms with Crippen molar-refractivity contribution in [3.8, 4) is 0 Å². The molecule has 0 aromatic carbocycles. The van der Waals surface area contributed by atoms with Gasteiger partial charge in [-0.15, -0.1) is 0 Å². The Morgan fingerprint density at radius 2 is 1.56 bits per heavy atom. The van der Waals surface area contributed by atoms with Crippen molar-refractivity contribution in [1.82, 2.24) is 4.90 Å². The van der Waals surface area contributed by atoms with Crippen molar-refractivity contribution in [2.75, 3.05) is 0 Å². The van der Waals surface area contributed by atoms with E-state index in [1.807, 2.05) is 0 Å². The maximum Gasteiger partial charge on any atom is 0.136 e. The summed E-state index contributed by atoms with van der Waals surface area (Å²) in [6, 6.07) is 2.01. The first-order valence-electron chi connectivity index (χ1n) is 8.07. The Morgan fingerprint density at radius 3 is 2.11 bits per heavy atom. The van der Waals surface area contributed by atoms with E-state index in [9.17, 15) is 4.79 Å². The Hall–Kier alpha value is -0.370. The van der Waals surface area contributed by atoms with Crippen LogP contribution in [0.3, 0.4) is 0 Å². The second-order valence-corrected chi connectivity index (χ2v) is 6.72. The maximum atomic E-state index is 11.8. The molecule has 2 atom stereocenters. The molecular formula is C16H27NO. The Balaban J connectivity index is 1.66. The second-order valence-electron chi connectivity index (χ2n) is 6.72. The fourth-order valence-electron chi connectivity index (χ4n) is 4.66. The summed E-state index contributed by atoms with van der Waals surface area (Å²) in [5, 5.41) is 0. The van der Waals surface area contributed by atoms with Gasteiger partial charge in [0.2, 0.25) is 0 Å². The van der Waals surface area contributed by atoms with Gasteiger partial charge >= 0.3 is 0 Å². The number of fused-ring (bicyclic) bond motifs is 2. The minimum atomic E-state index is 0.531. The first-order chi connectivity index (χ1) is 8.78. The van der Waals surface area contributed by atoms with Gasteiger partial charge in [-0.25, -0.2) is 0 Å². The molecule has 0 radical (unpaired) electrons. The lowest BCUT2D eigenvalue weighted by Gasteiger charge is -2.51. The van der Waals surface area contributed by atoms with Crippen molar-refractivity contribution < 1.29 is 4.79 Å². The number of rotatable bonds is 2. The van der Waals surface area contributed by atoms with Gasteiger partial charge in [-0.05, 0) is 44.4 Å². The minimum absolute atomic E-state index is 0.531. The van der Waals surface area contributed by atoms with E-state index in [1.165, 1.54) is 51.4 Å². The van der Waals surface area contributed by atoms with Gasteiger partial charge in [-0.3, -0.25) is 9.69 Å². The highest BCUT2D eigenvalue weighted by atomic mass is 16.1. The molecule has 2 heteroatoms. The van der Waals surface area contributed by atoms with Crippen LogP contribution >= 0.6 is 0 Å². The van der Waals surface area contributed by atoms with Crippen LogP contribution < -0.4 is 0 Å². The zero-order valence-electron chi connectivity index (χ0n) is 11.7. The number of hydrogen-bond acceptors (Lipinski definition) is 2. The van der Waals surface area contributed by atoms with Gasteiger partial charge in [0.05, 0.1) is 0 Å². The quantitative estimate of drug-likeness (QED) is 0.746. The van der Waals surface area contributed by atoms with E-state index in [1.54, 1.807) is 0 Å². The highest BCUT2D eigenvalue weighted by Crippen LogP contribution is 2.39. The lowest BCUT2D eigenvalue weighted by Crippen LogP contribution is -2.57. The van der Waals surface area contributed by atoms with Gasteiger partial charge in [-0.2, -0.15) is 0 Å². The molecule has 3 fully saturated rings. The summed E-state index contributed by atoms with van der Waals surface area (Å²) in [4.78, 5) is 14.6. The van der Waals surface area contributed by atoms with Crippen molar-refractivity contribution in [1.29, 1.82) is 0 Å². The number of carbonyl (C=O) groups is 1. The molecule has 0 aromatic heterocycles. The third-order valence-electron chi connectivity index (χ3n) is 5.66. The van der Waals surface area contributed by atoms with Gasteiger partial charge < -0.3 is 0 Å². The van der Waals surface area contributed by atoms with Crippen LogP contribution in [0, 0.1) is 5.92 Å². The number of carbonyl (C=O) groups excluding carboxylic acids is 1. The van der Waals surface area contributed by atoms with Gasteiger partial charge in [0, 0.05) is 31.0 Å². The third-order valence-corrected chi connectivity index (χ3v) is 5.66. The topological polar surface area (TPSA) is 20.3 Å². The zero-order chi connectivity index (χ0) is 12.5. The zero-order valence-corrected chi connectivity index (χ0v) is 11.7. The molecule has 2 unspecified atom stereocenters. The number of nitrogens with zero attached hydrogens (tertiary/aromatic N) is 1. The second kappa shape index (κ2) is 5.32. The maximum absolute atomic E-state index is 11.8. The van der Waals surface area contributed by atoms with Crippen LogP contribution in [0.4, 0.5) is 0 Å². The van der Waals surface area contributed by atoms with Crippen LogP contribution in [0.1, 0.15) is 71.1 Å². The molecule has 1 aliphatic carbocycles. The predicted octanol–water partition coefficient (Wildman–Crippen LogP) is 3.54. The van der Waals surface area contributed by atoms with Crippen LogP contribution in [0.15, 0.2) is 0 Å². The molecule has 0 amide bonds. The molecule has 2 saturated heterocycles. The molecule has 0 aromatic rings. The van der Waals surface area contributed by atoms with Gasteiger partial charge in [0.15, 0.2) is 0 Å². The molecule has 2 aliphatic heterocycles. The molecule has 3 aliphatic rings. The van der Waals surface area contributed by atoms with E-state index in [4.69, 9.17) is 0 Å². The van der Waals surface area contributed by atoms with Crippen molar-refractivity contribution in [2.24, 2.45) is 5.92 Å². The number of hydrogen-bond donors (Lipinski definition) is 0. The van der Waals surface area contributed by atoms with Gasteiger partial charge in [0.25, 0.3) is 0 Å². The predicted molar refractivity (Wildman–Crippen MR) is 73.5 cm³/mol. The lowest BCUT2D eigenvalue weighted by atomic mass is 9.78. The molecule has 18 heavy (non-hydrogen) atoms. The Bertz CT molecular complexity index is 290. The van der Waals surface area contributed by atoms with Crippen LogP contribution in [-0.4, -0.2) is 28.8 Å².